The molecule has 0 amide bonds. The van der Waals surface area contributed by atoms with E-state index in [1.807, 2.05) is 6.92 Å². The van der Waals surface area contributed by atoms with Crippen molar-refractivity contribution in [2.45, 2.75) is 19.8 Å². The molecule has 0 aromatic carbocycles. The minimum absolute atomic E-state index is 0.0700. The molecule has 0 unspecified atom stereocenters. The third-order valence-corrected chi connectivity index (χ3v) is 2.14. The Bertz CT molecular complexity index is 255. The maximum Gasteiger partial charge on any atom is 0.331 e. The van der Waals surface area contributed by atoms with Gasteiger partial charge in [-0.25, -0.2) is 4.79 Å². The standard InChI is InChI=1S/C13H24O7/c1-3-4-12(14)20-10-9-18-6-5-17-7-8-19-11-13(15)16-2/h3-11H2,1-2H3. The minimum Gasteiger partial charge on any atom is -0.467 e. The zero-order valence-corrected chi connectivity index (χ0v) is 12.2. The van der Waals surface area contributed by atoms with Gasteiger partial charge in [0.1, 0.15) is 13.2 Å². The average molecular weight is 292 g/mol. The lowest BCUT2D eigenvalue weighted by molar-refractivity contribution is -0.146. The van der Waals surface area contributed by atoms with Gasteiger partial charge in [-0.05, 0) is 6.42 Å². The molecule has 0 fully saturated rings. The number of hydrogen-bond acceptors (Lipinski definition) is 7. The molecule has 0 bridgehead atoms. The van der Waals surface area contributed by atoms with Crippen molar-refractivity contribution in [2.75, 3.05) is 53.4 Å². The van der Waals surface area contributed by atoms with E-state index in [1.165, 1.54) is 7.11 Å². The lowest BCUT2D eigenvalue weighted by Crippen LogP contribution is -2.15. The van der Waals surface area contributed by atoms with Crippen LogP contribution in [0.2, 0.25) is 0 Å². The molecule has 0 N–H and O–H groups in total. The van der Waals surface area contributed by atoms with Crippen LogP contribution < -0.4 is 0 Å². The first kappa shape index (κ1) is 18.8. The first-order valence-corrected chi connectivity index (χ1v) is 6.66. The first-order valence-electron chi connectivity index (χ1n) is 6.66. The minimum atomic E-state index is -0.411. The summed E-state index contributed by atoms with van der Waals surface area (Å²) in [6, 6.07) is 0. The maximum absolute atomic E-state index is 11.0. The molecule has 0 spiro atoms. The topological polar surface area (TPSA) is 80.3 Å². The maximum atomic E-state index is 11.0. The summed E-state index contributed by atoms with van der Waals surface area (Å²) in [6.45, 7) is 4.02. The zero-order chi connectivity index (χ0) is 15.1. The van der Waals surface area contributed by atoms with E-state index in [1.54, 1.807) is 0 Å². The summed E-state index contributed by atoms with van der Waals surface area (Å²) >= 11 is 0. The van der Waals surface area contributed by atoms with E-state index >= 15 is 0 Å². The quantitative estimate of drug-likeness (QED) is 0.362. The predicted molar refractivity (Wildman–Crippen MR) is 70.3 cm³/mol. The molecule has 0 aliphatic carbocycles. The van der Waals surface area contributed by atoms with E-state index in [0.717, 1.165) is 6.42 Å². The summed E-state index contributed by atoms with van der Waals surface area (Å²) in [4.78, 5) is 21.7. The number of carbonyl (C=O) groups is 2. The largest absolute Gasteiger partial charge is 0.467 e. The number of ether oxygens (including phenoxy) is 5. The van der Waals surface area contributed by atoms with Crippen LogP contribution in [0.15, 0.2) is 0 Å². The van der Waals surface area contributed by atoms with Crippen LogP contribution in [0.4, 0.5) is 0 Å². The lowest BCUT2D eigenvalue weighted by atomic mass is 10.3. The van der Waals surface area contributed by atoms with E-state index < -0.39 is 5.97 Å². The normalized spacial score (nSPS) is 10.3. The van der Waals surface area contributed by atoms with Gasteiger partial charge in [-0.3, -0.25) is 4.79 Å². The van der Waals surface area contributed by atoms with Gasteiger partial charge in [0, 0.05) is 6.42 Å². The Hall–Kier alpha value is -1.18. The Kier molecular flexibility index (Phi) is 13.4. The fourth-order valence-corrected chi connectivity index (χ4v) is 1.14. The summed E-state index contributed by atoms with van der Waals surface area (Å²) in [5.41, 5.74) is 0. The van der Waals surface area contributed by atoms with Crippen molar-refractivity contribution in [2.24, 2.45) is 0 Å². The number of carbonyl (C=O) groups excluding carboxylic acids is 2. The van der Waals surface area contributed by atoms with E-state index in [4.69, 9.17) is 18.9 Å². The van der Waals surface area contributed by atoms with Crippen molar-refractivity contribution >= 4 is 11.9 Å². The molecule has 0 heterocycles. The summed E-state index contributed by atoms with van der Waals surface area (Å²) in [7, 11) is 1.30. The Morgan fingerprint density at radius 1 is 0.800 bits per heavy atom. The Balaban J connectivity index is 3.10. The fraction of sp³-hybridized carbons (Fsp3) is 0.846. The van der Waals surface area contributed by atoms with Gasteiger partial charge in [0.2, 0.25) is 0 Å². The van der Waals surface area contributed by atoms with Crippen LogP contribution in [0.5, 0.6) is 0 Å². The molecule has 118 valence electrons. The van der Waals surface area contributed by atoms with Gasteiger partial charge < -0.3 is 23.7 Å². The molecular formula is C13H24O7. The second kappa shape index (κ2) is 14.2. The van der Waals surface area contributed by atoms with Crippen LogP contribution in [-0.4, -0.2) is 65.3 Å². The van der Waals surface area contributed by atoms with Crippen LogP contribution in [0.25, 0.3) is 0 Å². The molecule has 0 aliphatic heterocycles. The second-order valence-corrected chi connectivity index (χ2v) is 3.82. The summed E-state index contributed by atoms with van der Waals surface area (Å²) in [5, 5.41) is 0. The van der Waals surface area contributed by atoms with Gasteiger partial charge in [-0.15, -0.1) is 0 Å². The van der Waals surface area contributed by atoms with Gasteiger partial charge >= 0.3 is 11.9 Å². The lowest BCUT2D eigenvalue weighted by Gasteiger charge is -2.07. The van der Waals surface area contributed by atoms with Gasteiger partial charge in [0.15, 0.2) is 0 Å². The van der Waals surface area contributed by atoms with Gasteiger partial charge in [-0.1, -0.05) is 6.92 Å². The van der Waals surface area contributed by atoms with Gasteiger partial charge in [0.05, 0.1) is 40.1 Å². The van der Waals surface area contributed by atoms with Crippen molar-refractivity contribution in [1.29, 1.82) is 0 Å². The molecule has 0 aliphatic rings. The van der Waals surface area contributed by atoms with Crippen LogP contribution in [0.1, 0.15) is 19.8 Å². The molecule has 0 saturated carbocycles. The summed E-state index contributed by atoms with van der Waals surface area (Å²) < 4.78 is 24.7. The van der Waals surface area contributed by atoms with Crippen LogP contribution >= 0.6 is 0 Å². The SMILES string of the molecule is CCCC(=O)OCCOCCOCCOCC(=O)OC. The third-order valence-electron chi connectivity index (χ3n) is 2.14. The fourth-order valence-electron chi connectivity index (χ4n) is 1.14. The number of esters is 2. The average Bonchev–Trinajstić information content (AvgIpc) is 2.44. The Morgan fingerprint density at radius 3 is 1.90 bits per heavy atom. The van der Waals surface area contributed by atoms with Crippen molar-refractivity contribution in [3.63, 3.8) is 0 Å². The van der Waals surface area contributed by atoms with Crippen molar-refractivity contribution in [3.05, 3.63) is 0 Å². The van der Waals surface area contributed by atoms with E-state index in [0.29, 0.717) is 39.5 Å². The highest BCUT2D eigenvalue weighted by Gasteiger charge is 2.00. The molecule has 7 heteroatoms. The third kappa shape index (κ3) is 13.3. The molecule has 20 heavy (non-hydrogen) atoms. The second-order valence-electron chi connectivity index (χ2n) is 3.82. The van der Waals surface area contributed by atoms with Crippen molar-refractivity contribution < 1.29 is 33.3 Å². The van der Waals surface area contributed by atoms with Crippen molar-refractivity contribution in [3.8, 4) is 0 Å². The van der Waals surface area contributed by atoms with E-state index in [9.17, 15) is 9.59 Å². The molecule has 0 radical (unpaired) electrons. The van der Waals surface area contributed by atoms with Crippen LogP contribution in [0.3, 0.4) is 0 Å². The highest BCUT2D eigenvalue weighted by atomic mass is 16.6. The van der Waals surface area contributed by atoms with E-state index in [2.05, 4.69) is 4.74 Å². The monoisotopic (exact) mass is 292 g/mol. The number of rotatable bonds is 13. The molecule has 7 nitrogen and oxygen atoms in total. The highest BCUT2D eigenvalue weighted by molar-refractivity contribution is 5.70. The van der Waals surface area contributed by atoms with Crippen LogP contribution in [0, 0.1) is 0 Å². The molecular weight excluding hydrogens is 268 g/mol. The highest BCUT2D eigenvalue weighted by Crippen LogP contribution is 1.91. The summed E-state index contributed by atoms with van der Waals surface area (Å²) in [5.74, 6) is -0.610. The van der Waals surface area contributed by atoms with E-state index in [-0.39, 0.29) is 19.2 Å². The molecule has 0 saturated heterocycles. The number of hydrogen-bond donors (Lipinski definition) is 0. The van der Waals surface area contributed by atoms with Gasteiger partial charge in [0.25, 0.3) is 0 Å². The number of methoxy groups -OCH3 is 1. The first-order chi connectivity index (χ1) is 9.70. The molecule has 0 aromatic heterocycles. The summed E-state index contributed by atoms with van der Waals surface area (Å²) in [6.07, 6.45) is 1.22. The Morgan fingerprint density at radius 2 is 1.35 bits per heavy atom. The zero-order valence-electron chi connectivity index (χ0n) is 12.2. The predicted octanol–water partition coefficient (Wildman–Crippen LogP) is 0.552. The molecule has 0 atom stereocenters. The van der Waals surface area contributed by atoms with Crippen molar-refractivity contribution in [1.82, 2.24) is 0 Å². The Labute approximate surface area is 119 Å². The van der Waals surface area contributed by atoms with Crippen LogP contribution in [-0.2, 0) is 33.3 Å². The smallest absolute Gasteiger partial charge is 0.331 e. The molecule has 0 aromatic rings. The molecule has 0 rings (SSSR count). The van der Waals surface area contributed by atoms with Gasteiger partial charge in [-0.2, -0.15) is 0 Å².